The van der Waals surface area contributed by atoms with Gasteiger partial charge in [0.25, 0.3) is 0 Å². The molecule has 0 unspecified atom stereocenters. The van der Waals surface area contributed by atoms with Crippen molar-refractivity contribution < 1.29 is 4.74 Å². The lowest BCUT2D eigenvalue weighted by Crippen LogP contribution is -2.34. The van der Waals surface area contributed by atoms with Crippen LogP contribution in [0.3, 0.4) is 0 Å². The Bertz CT molecular complexity index is 3240. The molecule has 0 bridgehead atoms. The second-order valence-corrected chi connectivity index (χ2v) is 20.4. The molecule has 0 saturated carbocycles. The summed E-state index contributed by atoms with van der Waals surface area (Å²) in [6, 6.07) is 77.3. The summed E-state index contributed by atoms with van der Waals surface area (Å²) in [4.78, 5) is 0. The lowest BCUT2D eigenvalue weighted by Gasteiger charge is -2.41. The SMILES string of the molecule is CC(C)(C)c1ccc2c(c1)C1(c3cc(C(C)(C)C)ccc3-2)c2ccccc2-c2c(-c3ccc(-c4ccc5c(c4)C(c4ccccc4)(c4ccccc4)c4ccccc4O5)cc3)cccc21. The fraction of sp³-hybridized carbons (Fsp3) is 0.156. The predicted molar refractivity (Wildman–Crippen MR) is 269 cm³/mol. The molecule has 3 aliphatic rings. The molecule has 0 atom stereocenters. The minimum Gasteiger partial charge on any atom is -0.457 e. The average molecular weight is 837 g/mol. The van der Waals surface area contributed by atoms with E-state index >= 15 is 0 Å². The van der Waals surface area contributed by atoms with E-state index < -0.39 is 10.8 Å². The number of hydrogen-bond donors (Lipinski definition) is 0. The molecule has 12 rings (SSSR count). The van der Waals surface area contributed by atoms with Crippen LogP contribution in [0.5, 0.6) is 11.5 Å². The minimum atomic E-state index is -0.574. The first-order valence-electron chi connectivity index (χ1n) is 23.2. The van der Waals surface area contributed by atoms with E-state index in [1.54, 1.807) is 0 Å². The van der Waals surface area contributed by atoms with Crippen molar-refractivity contribution >= 4 is 0 Å². The fourth-order valence-electron chi connectivity index (χ4n) is 11.6. The molecule has 0 radical (unpaired) electrons. The molecule has 0 saturated heterocycles. The first-order valence-corrected chi connectivity index (χ1v) is 23.2. The van der Waals surface area contributed by atoms with Gasteiger partial charge >= 0.3 is 0 Å². The molecule has 314 valence electrons. The molecule has 0 amide bonds. The van der Waals surface area contributed by atoms with E-state index in [0.29, 0.717) is 0 Å². The lowest BCUT2D eigenvalue weighted by molar-refractivity contribution is 0.434. The Balaban J connectivity index is 1.03. The first kappa shape index (κ1) is 39.4. The van der Waals surface area contributed by atoms with E-state index in [9.17, 15) is 0 Å². The number of fused-ring (bicyclic) bond motifs is 12. The van der Waals surface area contributed by atoms with Crippen LogP contribution in [0.4, 0.5) is 0 Å². The molecule has 65 heavy (non-hydrogen) atoms. The van der Waals surface area contributed by atoms with Crippen LogP contribution in [0.2, 0.25) is 0 Å². The highest BCUT2D eigenvalue weighted by atomic mass is 16.5. The Kier molecular flexibility index (Phi) is 8.57. The van der Waals surface area contributed by atoms with E-state index in [1.807, 2.05) is 0 Å². The third-order valence-corrected chi connectivity index (χ3v) is 14.8. The summed E-state index contributed by atoms with van der Waals surface area (Å²) in [6.45, 7) is 14.0. The third kappa shape index (κ3) is 5.64. The van der Waals surface area contributed by atoms with Gasteiger partial charge in [0.1, 0.15) is 11.5 Å². The zero-order valence-electron chi connectivity index (χ0n) is 38.0. The molecule has 1 nitrogen and oxygen atoms in total. The van der Waals surface area contributed by atoms with Crippen LogP contribution in [0.15, 0.2) is 206 Å². The highest BCUT2D eigenvalue weighted by molar-refractivity contribution is 6.00. The molecule has 0 N–H and O–H groups in total. The van der Waals surface area contributed by atoms with Crippen molar-refractivity contribution in [1.29, 1.82) is 0 Å². The van der Waals surface area contributed by atoms with E-state index in [4.69, 9.17) is 4.74 Å². The maximum Gasteiger partial charge on any atom is 0.132 e. The zero-order valence-corrected chi connectivity index (χ0v) is 38.0. The minimum absolute atomic E-state index is 0.00621. The number of hydrogen-bond acceptors (Lipinski definition) is 1. The van der Waals surface area contributed by atoms with Crippen LogP contribution in [-0.2, 0) is 21.7 Å². The largest absolute Gasteiger partial charge is 0.457 e. The first-order chi connectivity index (χ1) is 31.5. The van der Waals surface area contributed by atoms with Gasteiger partial charge in [-0.25, -0.2) is 0 Å². The van der Waals surface area contributed by atoms with Crippen molar-refractivity contribution in [3.05, 3.63) is 262 Å². The van der Waals surface area contributed by atoms with Crippen molar-refractivity contribution in [3.63, 3.8) is 0 Å². The Morgan fingerprint density at radius 1 is 0.308 bits per heavy atom. The molecular weight excluding hydrogens is 785 g/mol. The highest BCUT2D eigenvalue weighted by Crippen LogP contribution is 2.65. The van der Waals surface area contributed by atoms with E-state index in [1.165, 1.54) is 77.9 Å². The van der Waals surface area contributed by atoms with Crippen LogP contribution in [0.25, 0.3) is 44.5 Å². The van der Waals surface area contributed by atoms with Gasteiger partial charge in [0.15, 0.2) is 0 Å². The number of benzene rings is 9. The van der Waals surface area contributed by atoms with Gasteiger partial charge in [-0.1, -0.05) is 230 Å². The van der Waals surface area contributed by atoms with E-state index in [-0.39, 0.29) is 10.8 Å². The Morgan fingerprint density at radius 2 is 0.800 bits per heavy atom. The number of para-hydroxylation sites is 1. The summed E-state index contributed by atoms with van der Waals surface area (Å²) in [6.07, 6.45) is 0. The maximum absolute atomic E-state index is 6.74. The molecule has 0 fully saturated rings. The number of rotatable bonds is 4. The van der Waals surface area contributed by atoms with Crippen molar-refractivity contribution in [2.45, 2.75) is 63.2 Å². The van der Waals surface area contributed by atoms with Crippen molar-refractivity contribution in [2.75, 3.05) is 0 Å². The maximum atomic E-state index is 6.74. The Morgan fingerprint density at radius 3 is 1.42 bits per heavy atom. The van der Waals surface area contributed by atoms with Gasteiger partial charge in [-0.15, -0.1) is 0 Å². The summed E-state index contributed by atoms with van der Waals surface area (Å²) in [5.74, 6) is 1.76. The summed E-state index contributed by atoms with van der Waals surface area (Å²) in [5.41, 5.74) is 22.1. The summed E-state index contributed by atoms with van der Waals surface area (Å²) in [5, 5.41) is 0. The third-order valence-electron chi connectivity index (χ3n) is 14.8. The Hall–Kier alpha value is -7.22. The van der Waals surface area contributed by atoms with E-state index in [0.717, 1.165) is 33.8 Å². The van der Waals surface area contributed by atoms with E-state index in [2.05, 4.69) is 248 Å². The van der Waals surface area contributed by atoms with Gasteiger partial charge in [-0.05, 0) is 118 Å². The topological polar surface area (TPSA) is 9.23 Å². The average Bonchev–Trinajstić information content (AvgIpc) is 3.80. The number of ether oxygens (including phenoxy) is 1. The second-order valence-electron chi connectivity index (χ2n) is 20.4. The fourth-order valence-corrected chi connectivity index (χ4v) is 11.6. The summed E-state index contributed by atoms with van der Waals surface area (Å²) in [7, 11) is 0. The molecule has 9 aromatic rings. The van der Waals surface area contributed by atoms with Gasteiger partial charge < -0.3 is 4.74 Å². The smallest absolute Gasteiger partial charge is 0.132 e. The van der Waals surface area contributed by atoms with Crippen LogP contribution < -0.4 is 4.74 Å². The molecule has 1 aliphatic heterocycles. The van der Waals surface area contributed by atoms with Gasteiger partial charge in [0.05, 0.1) is 10.8 Å². The second kappa shape index (κ2) is 14.1. The van der Waals surface area contributed by atoms with Crippen LogP contribution in [-0.4, -0.2) is 0 Å². The lowest BCUT2D eigenvalue weighted by atomic mass is 9.63. The van der Waals surface area contributed by atoms with Gasteiger partial charge in [0.2, 0.25) is 0 Å². The monoisotopic (exact) mass is 836 g/mol. The van der Waals surface area contributed by atoms with Crippen molar-refractivity contribution in [3.8, 4) is 56.0 Å². The molecule has 1 heterocycles. The van der Waals surface area contributed by atoms with Crippen molar-refractivity contribution in [1.82, 2.24) is 0 Å². The quantitative estimate of drug-likeness (QED) is 0.172. The summed E-state index contributed by atoms with van der Waals surface area (Å²) < 4.78 is 6.74. The highest BCUT2D eigenvalue weighted by Gasteiger charge is 2.53. The van der Waals surface area contributed by atoms with Crippen LogP contribution in [0.1, 0.15) is 97.2 Å². The zero-order chi connectivity index (χ0) is 44.3. The molecule has 9 aromatic carbocycles. The molecule has 1 heteroatoms. The van der Waals surface area contributed by atoms with Gasteiger partial charge in [0, 0.05) is 11.1 Å². The predicted octanol–water partition coefficient (Wildman–Crippen LogP) is 16.4. The van der Waals surface area contributed by atoms with Crippen LogP contribution in [0, 0.1) is 0 Å². The molecular formula is C64H52O. The molecule has 1 spiro atoms. The summed E-state index contributed by atoms with van der Waals surface area (Å²) >= 11 is 0. The molecule has 2 aliphatic carbocycles. The van der Waals surface area contributed by atoms with Crippen molar-refractivity contribution in [2.24, 2.45) is 0 Å². The van der Waals surface area contributed by atoms with Crippen LogP contribution >= 0.6 is 0 Å². The molecule has 0 aromatic heterocycles. The Labute approximate surface area is 384 Å². The van der Waals surface area contributed by atoms with Gasteiger partial charge in [-0.3, -0.25) is 0 Å². The normalized spacial score (nSPS) is 14.7. The standard InChI is InChI=1S/C64H52O/c1-61(2,3)46-33-35-49-50-36-34-47(62(4,5)6)40-56(50)64(55(49)39-46)52-24-14-13-22-51(52)60-48(23-17-26-54(60)64)42-30-28-41(29-31-42)43-32-37-59-57(38-43)63(44-18-9-7-10-19-44,45-20-11-8-12-21-45)53-25-15-16-27-58(53)65-59/h7-40H,1-6H3. The van der Waals surface area contributed by atoms with Gasteiger partial charge in [-0.2, -0.15) is 0 Å².